The van der Waals surface area contributed by atoms with E-state index in [1.54, 1.807) is 6.20 Å². The molecule has 2 atom stereocenters. The van der Waals surface area contributed by atoms with Gasteiger partial charge in [-0.1, -0.05) is 27.2 Å². The second-order valence-corrected chi connectivity index (χ2v) is 5.81. The van der Waals surface area contributed by atoms with Gasteiger partial charge in [-0.25, -0.2) is 4.98 Å². The third-order valence-electron chi connectivity index (χ3n) is 4.42. The van der Waals surface area contributed by atoms with Gasteiger partial charge in [-0.15, -0.1) is 0 Å². The van der Waals surface area contributed by atoms with E-state index >= 15 is 0 Å². The summed E-state index contributed by atoms with van der Waals surface area (Å²) in [5, 5.41) is 4.71. The smallest absolute Gasteiger partial charge is 0.273 e. The van der Waals surface area contributed by atoms with Crippen LogP contribution in [0.5, 0.6) is 0 Å². The van der Waals surface area contributed by atoms with Gasteiger partial charge in [-0.05, 0) is 24.8 Å². The van der Waals surface area contributed by atoms with Crippen LogP contribution in [0.25, 0.3) is 21.9 Å². The number of nitrogens with one attached hydrogen (secondary N) is 2. The molecule has 3 heterocycles. The molecular formula is C16H22N4O. The Kier molecular flexibility index (Phi) is 3.57. The van der Waals surface area contributed by atoms with Gasteiger partial charge in [0.2, 0.25) is 0 Å². The van der Waals surface area contributed by atoms with Crippen molar-refractivity contribution in [1.82, 2.24) is 19.7 Å². The number of pyridine rings is 1. The molecule has 3 aromatic heterocycles. The Hall–Kier alpha value is -2.04. The van der Waals surface area contributed by atoms with E-state index in [2.05, 4.69) is 40.5 Å². The molecule has 5 nitrogen and oxygen atoms in total. The molecule has 112 valence electrons. The fourth-order valence-electron chi connectivity index (χ4n) is 3.38. The highest BCUT2D eigenvalue weighted by molar-refractivity contribution is 6.02. The summed E-state index contributed by atoms with van der Waals surface area (Å²) in [6.45, 7) is 6.64. The highest BCUT2D eigenvalue weighted by atomic mass is 16.1. The average Bonchev–Trinajstić information content (AvgIpc) is 3.05. The molecule has 0 aromatic carbocycles. The summed E-state index contributed by atoms with van der Waals surface area (Å²) in [6.07, 6.45) is 6.84. The van der Waals surface area contributed by atoms with Gasteiger partial charge >= 0.3 is 0 Å². The van der Waals surface area contributed by atoms with Crippen LogP contribution >= 0.6 is 0 Å². The molecule has 0 aliphatic heterocycles. The molecule has 0 aliphatic rings. The third kappa shape index (κ3) is 2.17. The Morgan fingerprint density at radius 3 is 2.86 bits per heavy atom. The Morgan fingerprint density at radius 2 is 2.14 bits per heavy atom. The molecule has 0 spiro atoms. The zero-order valence-corrected chi connectivity index (χ0v) is 12.8. The number of hydrogen-bond acceptors (Lipinski definition) is 2. The molecule has 3 aromatic rings. The Balaban J connectivity index is 2.26. The molecule has 21 heavy (non-hydrogen) atoms. The van der Waals surface area contributed by atoms with Crippen molar-refractivity contribution in [2.75, 3.05) is 0 Å². The van der Waals surface area contributed by atoms with Gasteiger partial charge in [0.1, 0.15) is 5.65 Å². The largest absolute Gasteiger partial charge is 0.346 e. The molecule has 0 radical (unpaired) electrons. The van der Waals surface area contributed by atoms with Crippen molar-refractivity contribution < 1.29 is 0 Å². The van der Waals surface area contributed by atoms with Gasteiger partial charge in [-0.3, -0.25) is 14.6 Å². The molecule has 0 saturated carbocycles. The quantitative estimate of drug-likeness (QED) is 0.752. The van der Waals surface area contributed by atoms with Gasteiger partial charge < -0.3 is 4.98 Å². The number of hydrogen-bond donors (Lipinski definition) is 2. The maximum atomic E-state index is 12.2. The first-order valence-corrected chi connectivity index (χ1v) is 7.73. The van der Waals surface area contributed by atoms with Gasteiger partial charge in [0.15, 0.2) is 0 Å². The summed E-state index contributed by atoms with van der Waals surface area (Å²) in [6, 6.07) is 2.29. The average molecular weight is 286 g/mol. The first kappa shape index (κ1) is 13.9. The van der Waals surface area contributed by atoms with Crippen LogP contribution in [0.4, 0.5) is 0 Å². The lowest BCUT2D eigenvalue weighted by molar-refractivity contribution is 0.306. The summed E-state index contributed by atoms with van der Waals surface area (Å²) in [7, 11) is 0. The maximum absolute atomic E-state index is 12.2. The van der Waals surface area contributed by atoms with Crippen molar-refractivity contribution >= 4 is 21.9 Å². The number of nitrogens with zero attached hydrogens (tertiary/aromatic N) is 2. The highest BCUT2D eigenvalue weighted by Crippen LogP contribution is 2.30. The summed E-state index contributed by atoms with van der Waals surface area (Å²) in [5.41, 5.74) is 1.75. The van der Waals surface area contributed by atoms with Gasteiger partial charge in [-0.2, -0.15) is 0 Å². The fraction of sp³-hybridized carbons (Fsp3) is 0.500. The fourth-order valence-corrected chi connectivity index (χ4v) is 3.38. The molecule has 0 saturated heterocycles. The predicted octanol–water partition coefficient (Wildman–Crippen LogP) is 3.59. The van der Waals surface area contributed by atoms with Crippen LogP contribution < -0.4 is 5.56 Å². The molecule has 3 rings (SSSR count). The normalized spacial score (nSPS) is 14.8. The van der Waals surface area contributed by atoms with Crippen LogP contribution in [0.1, 0.15) is 46.1 Å². The number of rotatable bonds is 5. The molecular weight excluding hydrogens is 264 g/mol. The molecule has 0 fully saturated rings. The van der Waals surface area contributed by atoms with E-state index in [0.29, 0.717) is 17.3 Å². The molecule has 2 unspecified atom stereocenters. The first-order valence-electron chi connectivity index (χ1n) is 7.73. The first-order chi connectivity index (χ1) is 10.2. The Morgan fingerprint density at radius 1 is 1.33 bits per heavy atom. The van der Waals surface area contributed by atoms with E-state index < -0.39 is 0 Å². The lowest BCUT2D eigenvalue weighted by Crippen LogP contribution is -2.19. The molecule has 0 amide bonds. The monoisotopic (exact) mass is 286 g/mol. The van der Waals surface area contributed by atoms with E-state index in [1.165, 1.54) is 0 Å². The minimum Gasteiger partial charge on any atom is -0.346 e. The minimum atomic E-state index is -0.0530. The second kappa shape index (κ2) is 5.39. The summed E-state index contributed by atoms with van der Waals surface area (Å²) in [4.78, 5) is 19.7. The number of aromatic amines is 2. The number of aromatic nitrogens is 4. The zero-order chi connectivity index (χ0) is 15.0. The molecule has 0 aliphatic carbocycles. The van der Waals surface area contributed by atoms with Crippen molar-refractivity contribution in [3.8, 4) is 0 Å². The van der Waals surface area contributed by atoms with Gasteiger partial charge in [0.25, 0.3) is 5.56 Å². The van der Waals surface area contributed by atoms with Gasteiger partial charge in [0, 0.05) is 17.8 Å². The second-order valence-electron chi connectivity index (χ2n) is 5.81. The Bertz CT molecular complexity index is 811. The topological polar surface area (TPSA) is 66.5 Å². The minimum absolute atomic E-state index is 0.0530. The molecule has 0 bridgehead atoms. The standard InChI is InChI=1S/C16H22N4O/c1-4-6-10(3)13(5-2)20-14-11-7-8-17-15(11)18-9-12(14)16(21)19-20/h7-10,13H,4-6H2,1-3H3,(H,17,18)(H,19,21). The van der Waals surface area contributed by atoms with E-state index in [-0.39, 0.29) is 5.56 Å². The lowest BCUT2D eigenvalue weighted by atomic mass is 9.95. The lowest BCUT2D eigenvalue weighted by Gasteiger charge is -2.24. The Labute approximate surface area is 123 Å². The van der Waals surface area contributed by atoms with Crippen molar-refractivity contribution in [2.45, 2.75) is 46.1 Å². The van der Waals surface area contributed by atoms with E-state index in [1.807, 2.05) is 12.3 Å². The van der Waals surface area contributed by atoms with Crippen molar-refractivity contribution in [1.29, 1.82) is 0 Å². The van der Waals surface area contributed by atoms with E-state index in [0.717, 1.165) is 35.8 Å². The van der Waals surface area contributed by atoms with Crippen LogP contribution in [-0.4, -0.2) is 19.7 Å². The van der Waals surface area contributed by atoms with Crippen LogP contribution in [-0.2, 0) is 0 Å². The maximum Gasteiger partial charge on any atom is 0.273 e. The van der Waals surface area contributed by atoms with Crippen LogP contribution in [0.2, 0.25) is 0 Å². The van der Waals surface area contributed by atoms with Crippen LogP contribution in [0.15, 0.2) is 23.3 Å². The number of H-pyrrole nitrogens is 2. The van der Waals surface area contributed by atoms with E-state index in [4.69, 9.17) is 0 Å². The molecule has 5 heteroatoms. The third-order valence-corrected chi connectivity index (χ3v) is 4.42. The number of fused-ring (bicyclic) bond motifs is 3. The zero-order valence-electron chi connectivity index (χ0n) is 12.8. The van der Waals surface area contributed by atoms with Crippen molar-refractivity contribution in [2.24, 2.45) is 5.92 Å². The summed E-state index contributed by atoms with van der Waals surface area (Å²) < 4.78 is 2.07. The van der Waals surface area contributed by atoms with Crippen molar-refractivity contribution in [3.05, 3.63) is 28.8 Å². The van der Waals surface area contributed by atoms with Crippen LogP contribution in [0.3, 0.4) is 0 Å². The summed E-state index contributed by atoms with van der Waals surface area (Å²) in [5.74, 6) is 0.522. The van der Waals surface area contributed by atoms with Gasteiger partial charge in [0.05, 0.1) is 16.9 Å². The van der Waals surface area contributed by atoms with Crippen molar-refractivity contribution in [3.63, 3.8) is 0 Å². The molecule has 2 N–H and O–H groups in total. The SMILES string of the molecule is CCCC(C)C(CC)n1[nH]c(=O)c2cnc3[nH]ccc3c21. The van der Waals surface area contributed by atoms with Crippen LogP contribution in [0, 0.1) is 5.92 Å². The van der Waals surface area contributed by atoms with E-state index in [9.17, 15) is 4.79 Å². The highest BCUT2D eigenvalue weighted by Gasteiger charge is 2.21. The summed E-state index contributed by atoms with van der Waals surface area (Å²) >= 11 is 0. The predicted molar refractivity (Wildman–Crippen MR) is 85.6 cm³/mol.